The maximum absolute atomic E-state index is 12.5. The lowest BCUT2D eigenvalue weighted by Crippen LogP contribution is -2.45. The van der Waals surface area contributed by atoms with E-state index in [0.717, 1.165) is 61.7 Å². The number of fused-ring (bicyclic) bond motifs is 1. The quantitative estimate of drug-likeness (QED) is 0.659. The van der Waals surface area contributed by atoms with Gasteiger partial charge >= 0.3 is 0 Å². The lowest BCUT2D eigenvalue weighted by molar-refractivity contribution is -0.121. The predicted octanol–water partition coefficient (Wildman–Crippen LogP) is 2.85. The number of likely N-dealkylation sites (tertiary alicyclic amines) is 1. The monoisotopic (exact) mass is 452 g/mol. The summed E-state index contributed by atoms with van der Waals surface area (Å²) in [6.07, 6.45) is 7.22. The van der Waals surface area contributed by atoms with E-state index >= 15 is 0 Å². The van der Waals surface area contributed by atoms with Crippen molar-refractivity contribution in [1.29, 1.82) is 0 Å². The maximum Gasteiger partial charge on any atom is 0.239 e. The fourth-order valence-electron chi connectivity index (χ4n) is 4.51. The van der Waals surface area contributed by atoms with Crippen molar-refractivity contribution >= 4 is 11.7 Å². The number of aromatic nitrogens is 3. The van der Waals surface area contributed by atoms with Gasteiger partial charge in [-0.2, -0.15) is 0 Å². The summed E-state index contributed by atoms with van der Waals surface area (Å²) in [7, 11) is 1.91. The van der Waals surface area contributed by atoms with E-state index in [-0.39, 0.29) is 18.0 Å². The highest BCUT2D eigenvalue weighted by Crippen LogP contribution is 2.31. The first-order valence-electron chi connectivity index (χ1n) is 12.0. The Morgan fingerprint density at radius 2 is 1.97 bits per heavy atom. The first kappa shape index (κ1) is 23.4. The molecule has 1 aliphatic heterocycles. The summed E-state index contributed by atoms with van der Waals surface area (Å²) in [5, 5.41) is 3.02. The van der Waals surface area contributed by atoms with Gasteiger partial charge in [0, 0.05) is 42.7 Å². The van der Waals surface area contributed by atoms with Crippen LogP contribution in [0.15, 0.2) is 18.3 Å². The minimum atomic E-state index is -0.268. The molecule has 1 N–H and O–H groups in total. The van der Waals surface area contributed by atoms with E-state index < -0.39 is 0 Å². The Kier molecular flexibility index (Phi) is 7.12. The molecule has 1 aliphatic carbocycles. The highest BCUT2D eigenvalue weighted by molar-refractivity contribution is 5.82. The van der Waals surface area contributed by atoms with Crippen molar-refractivity contribution in [1.82, 2.24) is 25.2 Å². The van der Waals surface area contributed by atoms with E-state index in [9.17, 15) is 4.79 Å². The Labute approximate surface area is 196 Å². The average Bonchev–Trinajstić information content (AvgIpc) is 3.43. The molecule has 0 bridgehead atoms. The van der Waals surface area contributed by atoms with Crippen LogP contribution in [0.1, 0.15) is 51.3 Å². The van der Waals surface area contributed by atoms with Crippen molar-refractivity contribution in [3.05, 3.63) is 29.6 Å². The van der Waals surface area contributed by atoms with Crippen LogP contribution in [0, 0.1) is 0 Å². The Bertz CT molecular complexity index is 981. The van der Waals surface area contributed by atoms with Crippen LogP contribution < -0.4 is 15.0 Å². The summed E-state index contributed by atoms with van der Waals surface area (Å²) in [5.41, 5.74) is 2.62. The Hall–Kier alpha value is -2.74. The molecule has 33 heavy (non-hydrogen) atoms. The molecular weight excluding hydrogens is 416 g/mol. The summed E-state index contributed by atoms with van der Waals surface area (Å²) in [5.74, 6) is 2.16. The summed E-state index contributed by atoms with van der Waals surface area (Å²) in [4.78, 5) is 31.1. The van der Waals surface area contributed by atoms with Crippen molar-refractivity contribution in [3.63, 3.8) is 0 Å². The molecule has 4 rings (SSSR count). The number of carbonyl (C=O) groups excluding carboxylic acids is 1. The van der Waals surface area contributed by atoms with Crippen LogP contribution in [-0.2, 0) is 17.6 Å². The van der Waals surface area contributed by atoms with Crippen molar-refractivity contribution in [2.24, 2.45) is 0 Å². The molecule has 2 aromatic heterocycles. The number of likely N-dealkylation sites (N-methyl/N-ethyl adjacent to an activating group) is 1. The van der Waals surface area contributed by atoms with Gasteiger partial charge < -0.3 is 15.0 Å². The molecule has 0 spiro atoms. The highest BCUT2D eigenvalue weighted by Gasteiger charge is 2.24. The zero-order valence-corrected chi connectivity index (χ0v) is 20.4. The Balaban J connectivity index is 1.50. The number of anilines is 1. The van der Waals surface area contributed by atoms with Gasteiger partial charge in [-0.15, -0.1) is 0 Å². The molecule has 8 heteroatoms. The number of pyridine rings is 1. The SMILES string of the molecule is CN(CC(=O)NC(C)(C)C)c1nc(-c2cc(OCCN3CCCC3)ccn2)nc2c1CCC2. The number of nitrogens with zero attached hydrogens (tertiary/aromatic N) is 5. The summed E-state index contributed by atoms with van der Waals surface area (Å²) in [6, 6.07) is 3.79. The second-order valence-electron chi connectivity index (χ2n) is 10.1. The molecule has 0 atom stereocenters. The molecule has 1 saturated heterocycles. The van der Waals surface area contributed by atoms with Crippen molar-refractivity contribution < 1.29 is 9.53 Å². The highest BCUT2D eigenvalue weighted by atomic mass is 16.5. The molecule has 1 fully saturated rings. The number of carbonyl (C=O) groups is 1. The van der Waals surface area contributed by atoms with Crippen molar-refractivity contribution in [2.45, 2.75) is 58.4 Å². The first-order valence-corrected chi connectivity index (χ1v) is 12.0. The number of rotatable bonds is 8. The molecule has 0 unspecified atom stereocenters. The number of hydrogen-bond donors (Lipinski definition) is 1. The van der Waals surface area contributed by atoms with Gasteiger partial charge in [-0.25, -0.2) is 9.97 Å². The van der Waals surface area contributed by atoms with Crippen LogP contribution >= 0.6 is 0 Å². The van der Waals surface area contributed by atoms with Crippen LogP contribution in [0.3, 0.4) is 0 Å². The van der Waals surface area contributed by atoms with Gasteiger partial charge in [0.15, 0.2) is 5.82 Å². The fourth-order valence-corrected chi connectivity index (χ4v) is 4.51. The molecule has 178 valence electrons. The van der Waals surface area contributed by atoms with Gasteiger partial charge in [0.2, 0.25) is 5.91 Å². The number of ether oxygens (including phenoxy) is 1. The second-order valence-corrected chi connectivity index (χ2v) is 10.1. The third-order valence-electron chi connectivity index (χ3n) is 6.00. The standard InChI is InChI=1S/C25H36N6O2/c1-25(2,3)29-22(32)17-30(4)24-19-8-7-9-20(19)27-23(28-24)21-16-18(10-11-26-21)33-15-14-31-12-5-6-13-31/h10-11,16H,5-9,12-15,17H2,1-4H3,(H,29,32). The van der Waals surface area contributed by atoms with E-state index in [1.165, 1.54) is 12.8 Å². The molecule has 0 radical (unpaired) electrons. The van der Waals surface area contributed by atoms with Gasteiger partial charge in [0.05, 0.1) is 6.54 Å². The van der Waals surface area contributed by atoms with Crippen LogP contribution in [0.5, 0.6) is 5.75 Å². The third-order valence-corrected chi connectivity index (χ3v) is 6.00. The second kappa shape index (κ2) is 10.0. The van der Waals surface area contributed by atoms with Crippen LogP contribution in [0.25, 0.3) is 11.5 Å². The Morgan fingerprint density at radius 1 is 1.18 bits per heavy atom. The number of hydrogen-bond acceptors (Lipinski definition) is 7. The van der Waals surface area contributed by atoms with Crippen LogP contribution in [0.2, 0.25) is 0 Å². The zero-order valence-electron chi connectivity index (χ0n) is 20.4. The summed E-state index contributed by atoms with van der Waals surface area (Å²) >= 11 is 0. The van der Waals surface area contributed by atoms with Crippen LogP contribution in [0.4, 0.5) is 5.82 Å². The van der Waals surface area contributed by atoms with Crippen molar-refractivity contribution in [2.75, 3.05) is 44.7 Å². The van der Waals surface area contributed by atoms with E-state index in [4.69, 9.17) is 14.7 Å². The summed E-state index contributed by atoms with van der Waals surface area (Å²) < 4.78 is 6.00. The molecule has 8 nitrogen and oxygen atoms in total. The number of amides is 1. The first-order chi connectivity index (χ1) is 15.8. The van der Waals surface area contributed by atoms with Crippen molar-refractivity contribution in [3.8, 4) is 17.3 Å². The largest absolute Gasteiger partial charge is 0.492 e. The van der Waals surface area contributed by atoms with Gasteiger partial charge in [-0.3, -0.25) is 14.7 Å². The third kappa shape index (κ3) is 6.19. The molecule has 2 aliphatic rings. The van der Waals surface area contributed by atoms with Gasteiger partial charge in [0.25, 0.3) is 0 Å². The normalized spacial score (nSPS) is 16.0. The minimum Gasteiger partial charge on any atom is -0.492 e. The van der Waals surface area contributed by atoms with E-state index in [2.05, 4.69) is 15.2 Å². The molecule has 0 aromatic carbocycles. The van der Waals surface area contributed by atoms with E-state index in [0.29, 0.717) is 18.1 Å². The lowest BCUT2D eigenvalue weighted by atomic mass is 10.1. The van der Waals surface area contributed by atoms with Gasteiger partial charge in [-0.05, 0) is 72.0 Å². The smallest absolute Gasteiger partial charge is 0.239 e. The number of nitrogens with one attached hydrogen (secondary N) is 1. The predicted molar refractivity (Wildman–Crippen MR) is 130 cm³/mol. The maximum atomic E-state index is 12.5. The van der Waals surface area contributed by atoms with Gasteiger partial charge in [0.1, 0.15) is 23.9 Å². The molecule has 1 amide bonds. The van der Waals surface area contributed by atoms with Crippen LogP contribution in [-0.4, -0.2) is 71.1 Å². The topological polar surface area (TPSA) is 83.5 Å². The molecular formula is C25H36N6O2. The average molecular weight is 453 g/mol. The lowest BCUT2D eigenvalue weighted by Gasteiger charge is -2.25. The van der Waals surface area contributed by atoms with E-state index in [1.807, 2.05) is 44.9 Å². The molecule has 2 aromatic rings. The zero-order chi connectivity index (χ0) is 23.4. The fraction of sp³-hybridized carbons (Fsp3) is 0.600. The molecule has 0 saturated carbocycles. The van der Waals surface area contributed by atoms with E-state index in [1.54, 1.807) is 6.20 Å². The summed E-state index contributed by atoms with van der Waals surface area (Å²) in [6.45, 7) is 10.1. The molecule has 3 heterocycles. The van der Waals surface area contributed by atoms with Gasteiger partial charge in [-0.1, -0.05) is 0 Å². The Morgan fingerprint density at radius 3 is 2.73 bits per heavy atom. The minimum absolute atomic E-state index is 0.0246. The number of aryl methyl sites for hydroxylation is 1.